The smallest absolute Gasteiger partial charge is 0.293 e. The highest BCUT2D eigenvalue weighted by atomic mass is 127. The fourth-order valence-electron chi connectivity index (χ4n) is 3.10. The Labute approximate surface area is 236 Å². The molecular formula is C24H15BrClI2NO3S. The summed E-state index contributed by atoms with van der Waals surface area (Å²) in [7, 11) is 0. The van der Waals surface area contributed by atoms with Crippen molar-refractivity contribution < 1.29 is 14.3 Å². The van der Waals surface area contributed by atoms with Gasteiger partial charge in [-0.15, -0.1) is 0 Å². The molecule has 4 rings (SSSR count). The van der Waals surface area contributed by atoms with Crippen molar-refractivity contribution in [3.8, 4) is 5.75 Å². The molecule has 0 radical (unpaired) electrons. The number of carbonyl (C=O) groups excluding carboxylic acids is 2. The van der Waals surface area contributed by atoms with Crippen LogP contribution in [0, 0.1) is 7.14 Å². The molecule has 0 aliphatic carbocycles. The fourth-order valence-corrected chi connectivity index (χ4v) is 6.45. The zero-order valence-electron chi connectivity index (χ0n) is 16.9. The highest BCUT2D eigenvalue weighted by Crippen LogP contribution is 2.35. The molecule has 168 valence electrons. The predicted octanol–water partition coefficient (Wildman–Crippen LogP) is 8.13. The van der Waals surface area contributed by atoms with Crippen molar-refractivity contribution in [2.75, 3.05) is 0 Å². The largest absolute Gasteiger partial charge is 0.487 e. The molecule has 0 bridgehead atoms. The van der Waals surface area contributed by atoms with Crippen molar-refractivity contribution >= 4 is 102 Å². The van der Waals surface area contributed by atoms with Crippen molar-refractivity contribution in [3.63, 3.8) is 0 Å². The van der Waals surface area contributed by atoms with Crippen LogP contribution in [0.5, 0.6) is 5.75 Å². The highest BCUT2D eigenvalue weighted by molar-refractivity contribution is 14.1. The maximum Gasteiger partial charge on any atom is 0.293 e. The van der Waals surface area contributed by atoms with Crippen molar-refractivity contribution in [1.82, 2.24) is 4.90 Å². The normalized spacial score (nSPS) is 14.9. The zero-order valence-corrected chi connectivity index (χ0v) is 24.3. The van der Waals surface area contributed by atoms with E-state index in [0.29, 0.717) is 16.5 Å². The number of rotatable bonds is 6. The summed E-state index contributed by atoms with van der Waals surface area (Å²) in [6.45, 7) is 0.680. The van der Waals surface area contributed by atoms with Crippen LogP contribution in [-0.4, -0.2) is 16.0 Å². The number of halogens is 4. The van der Waals surface area contributed by atoms with Gasteiger partial charge in [0.25, 0.3) is 11.1 Å². The van der Waals surface area contributed by atoms with Gasteiger partial charge in [-0.25, -0.2) is 0 Å². The van der Waals surface area contributed by atoms with Gasteiger partial charge in [0.15, 0.2) is 0 Å². The first-order valence-corrected chi connectivity index (χ1v) is 13.8. The topological polar surface area (TPSA) is 46.6 Å². The lowest BCUT2D eigenvalue weighted by atomic mass is 10.2. The van der Waals surface area contributed by atoms with E-state index in [1.54, 1.807) is 6.08 Å². The Balaban J connectivity index is 1.49. The summed E-state index contributed by atoms with van der Waals surface area (Å²) < 4.78 is 8.83. The monoisotopic (exact) mass is 765 g/mol. The Kier molecular flexibility index (Phi) is 8.42. The van der Waals surface area contributed by atoms with E-state index in [2.05, 4.69) is 61.1 Å². The number of amides is 2. The number of ether oxygens (including phenoxy) is 1. The minimum atomic E-state index is -0.277. The molecule has 1 saturated heterocycles. The van der Waals surface area contributed by atoms with Gasteiger partial charge < -0.3 is 4.74 Å². The third-order valence-electron chi connectivity index (χ3n) is 4.74. The van der Waals surface area contributed by atoms with Crippen LogP contribution in [0.2, 0.25) is 5.02 Å². The molecule has 4 nitrogen and oxygen atoms in total. The Hall–Kier alpha value is -1.08. The maximum absolute atomic E-state index is 12.9. The van der Waals surface area contributed by atoms with Gasteiger partial charge in [-0.3, -0.25) is 14.5 Å². The van der Waals surface area contributed by atoms with Gasteiger partial charge in [0.1, 0.15) is 12.4 Å². The van der Waals surface area contributed by atoms with Crippen LogP contribution in [0.4, 0.5) is 4.79 Å². The number of carbonyl (C=O) groups is 2. The summed E-state index contributed by atoms with van der Waals surface area (Å²) in [5.41, 5.74) is 2.76. The first-order valence-electron chi connectivity index (χ1n) is 9.66. The van der Waals surface area contributed by atoms with E-state index in [4.69, 9.17) is 16.3 Å². The predicted molar refractivity (Wildman–Crippen MR) is 153 cm³/mol. The van der Waals surface area contributed by atoms with Crippen LogP contribution in [0.1, 0.15) is 16.7 Å². The van der Waals surface area contributed by atoms with Crippen LogP contribution in [0.25, 0.3) is 6.08 Å². The van der Waals surface area contributed by atoms with E-state index in [1.807, 2.05) is 60.7 Å². The van der Waals surface area contributed by atoms with E-state index < -0.39 is 0 Å². The molecule has 1 aliphatic heterocycles. The number of hydrogen-bond donors (Lipinski definition) is 0. The summed E-state index contributed by atoms with van der Waals surface area (Å²) >= 11 is 14.7. The summed E-state index contributed by atoms with van der Waals surface area (Å²) in [4.78, 5) is 27.0. The molecule has 0 saturated carbocycles. The molecule has 1 heterocycles. The molecule has 2 amide bonds. The summed E-state index contributed by atoms with van der Waals surface area (Å²) in [6, 6.07) is 19.0. The third-order valence-corrected chi connectivity index (χ3v) is 8.03. The van der Waals surface area contributed by atoms with Gasteiger partial charge in [-0.2, -0.15) is 0 Å². The van der Waals surface area contributed by atoms with E-state index in [-0.39, 0.29) is 17.7 Å². The molecule has 0 unspecified atom stereocenters. The lowest BCUT2D eigenvalue weighted by Crippen LogP contribution is -2.27. The molecule has 3 aromatic rings. The second-order valence-electron chi connectivity index (χ2n) is 7.12. The molecular weight excluding hydrogens is 751 g/mol. The lowest BCUT2D eigenvalue weighted by Gasteiger charge is -2.13. The quantitative estimate of drug-likeness (QED) is 0.188. The second kappa shape index (κ2) is 11.1. The summed E-state index contributed by atoms with van der Waals surface area (Å²) in [6.07, 6.45) is 1.76. The molecule has 0 aromatic heterocycles. The molecule has 33 heavy (non-hydrogen) atoms. The van der Waals surface area contributed by atoms with Crippen molar-refractivity contribution in [2.45, 2.75) is 13.2 Å². The lowest BCUT2D eigenvalue weighted by molar-refractivity contribution is -0.123. The molecule has 0 N–H and O–H groups in total. The summed E-state index contributed by atoms with van der Waals surface area (Å²) in [5.74, 6) is 0.507. The maximum atomic E-state index is 12.9. The van der Waals surface area contributed by atoms with Crippen molar-refractivity contribution in [3.05, 3.63) is 98.9 Å². The number of thioether (sulfide) groups is 1. The molecule has 3 aromatic carbocycles. The SMILES string of the molecule is O=C1S/C(=C\c2cc(I)c(OCc3ccc(Cl)cc3)c(I)c2)C(=O)N1Cc1ccc(Br)cc1. The van der Waals surface area contributed by atoms with Crippen LogP contribution in [0.15, 0.2) is 70.0 Å². The zero-order chi connectivity index (χ0) is 23.5. The van der Waals surface area contributed by atoms with Gasteiger partial charge in [-0.1, -0.05) is 51.8 Å². The molecule has 1 aliphatic rings. The van der Waals surface area contributed by atoms with Gasteiger partial charge in [0, 0.05) is 9.50 Å². The van der Waals surface area contributed by atoms with E-state index in [9.17, 15) is 9.59 Å². The van der Waals surface area contributed by atoms with E-state index in [1.165, 1.54) is 4.90 Å². The van der Waals surface area contributed by atoms with Gasteiger partial charge in [-0.05, 0) is 116 Å². The standard InChI is InChI=1S/C24H15BrClI2NO3S/c25-17-5-1-14(2-6-17)12-29-23(30)21(33-24(29)31)11-16-9-19(27)22(20(28)10-16)32-13-15-3-7-18(26)8-4-15/h1-11H,12-13H2/b21-11-. The Morgan fingerprint density at radius 2 is 1.58 bits per heavy atom. The number of nitrogens with zero attached hydrogens (tertiary/aromatic N) is 1. The van der Waals surface area contributed by atoms with Gasteiger partial charge >= 0.3 is 0 Å². The van der Waals surface area contributed by atoms with Crippen LogP contribution in [0.3, 0.4) is 0 Å². The molecule has 9 heteroatoms. The van der Waals surface area contributed by atoms with Crippen LogP contribution in [-0.2, 0) is 17.9 Å². The first-order chi connectivity index (χ1) is 15.8. The molecule has 0 spiro atoms. The number of imide groups is 1. The number of hydrogen-bond acceptors (Lipinski definition) is 4. The van der Waals surface area contributed by atoms with Crippen molar-refractivity contribution in [1.29, 1.82) is 0 Å². The van der Waals surface area contributed by atoms with Crippen molar-refractivity contribution in [2.24, 2.45) is 0 Å². The van der Waals surface area contributed by atoms with E-state index >= 15 is 0 Å². The Bertz CT molecular complexity index is 1230. The van der Waals surface area contributed by atoms with E-state index in [0.717, 1.165) is 45.8 Å². The fraction of sp³-hybridized carbons (Fsp3) is 0.0833. The molecule has 1 fully saturated rings. The minimum absolute atomic E-state index is 0.252. The molecule has 0 atom stereocenters. The van der Waals surface area contributed by atoms with Gasteiger partial charge in [0.05, 0.1) is 18.6 Å². The van der Waals surface area contributed by atoms with Crippen LogP contribution >= 0.6 is 84.5 Å². The third kappa shape index (κ3) is 6.33. The van der Waals surface area contributed by atoms with Crippen LogP contribution < -0.4 is 4.74 Å². The number of benzene rings is 3. The van der Waals surface area contributed by atoms with Gasteiger partial charge in [0.2, 0.25) is 0 Å². The Morgan fingerprint density at radius 1 is 0.970 bits per heavy atom. The average molecular weight is 767 g/mol. The minimum Gasteiger partial charge on any atom is -0.487 e. The average Bonchev–Trinajstić information content (AvgIpc) is 3.03. The second-order valence-corrected chi connectivity index (χ2v) is 11.8. The Morgan fingerprint density at radius 3 is 2.21 bits per heavy atom. The first kappa shape index (κ1) is 25.0. The highest BCUT2D eigenvalue weighted by Gasteiger charge is 2.35. The summed E-state index contributed by atoms with van der Waals surface area (Å²) in [5, 5.41) is 0.426.